The number of hydrogen-bond donors (Lipinski definition) is 3. The summed E-state index contributed by atoms with van der Waals surface area (Å²) < 4.78 is 1.56. The minimum atomic E-state index is -0.509. The molecular weight excluding hydrogens is 320 g/mol. The molecule has 1 fully saturated rings. The molecular formula is C18H22N4O3. The van der Waals surface area contributed by atoms with Crippen molar-refractivity contribution in [2.45, 2.75) is 38.0 Å². The number of aliphatic hydroxyl groups is 1. The van der Waals surface area contributed by atoms with Gasteiger partial charge in [0.2, 0.25) is 0 Å². The van der Waals surface area contributed by atoms with E-state index in [2.05, 4.69) is 15.7 Å². The normalized spacial score (nSPS) is 20.4. The minimum Gasteiger partial charge on any atom is -0.391 e. The smallest absolute Gasteiger partial charge is 0.271 e. The highest BCUT2D eigenvalue weighted by Gasteiger charge is 2.32. The number of aliphatic hydroxyl groups excluding tert-OH is 1. The molecule has 1 aliphatic rings. The summed E-state index contributed by atoms with van der Waals surface area (Å²) in [4.78, 5) is 24.6. The fourth-order valence-electron chi connectivity index (χ4n) is 2.86. The summed E-state index contributed by atoms with van der Waals surface area (Å²) in [5.74, 6) is -0.689. The van der Waals surface area contributed by atoms with Crippen LogP contribution in [0, 0.1) is 0 Å². The molecule has 1 aromatic heterocycles. The molecule has 7 heteroatoms. The lowest BCUT2D eigenvalue weighted by molar-refractivity contribution is 0.0443. The number of nitrogens with one attached hydrogen (secondary N) is 2. The molecule has 1 aromatic carbocycles. The third kappa shape index (κ3) is 3.41. The predicted molar refractivity (Wildman–Crippen MR) is 92.4 cm³/mol. The van der Waals surface area contributed by atoms with Gasteiger partial charge in [-0.2, -0.15) is 5.10 Å². The Balaban J connectivity index is 1.93. The van der Waals surface area contributed by atoms with Crippen LogP contribution >= 0.6 is 0 Å². The zero-order valence-corrected chi connectivity index (χ0v) is 14.3. The molecule has 7 nitrogen and oxygen atoms in total. The van der Waals surface area contributed by atoms with Gasteiger partial charge < -0.3 is 15.7 Å². The maximum absolute atomic E-state index is 12.7. The van der Waals surface area contributed by atoms with E-state index in [9.17, 15) is 14.7 Å². The van der Waals surface area contributed by atoms with Gasteiger partial charge in [-0.3, -0.25) is 14.3 Å². The van der Waals surface area contributed by atoms with Crippen molar-refractivity contribution >= 4 is 11.8 Å². The number of rotatable bonds is 5. The van der Waals surface area contributed by atoms with E-state index in [0.29, 0.717) is 12.1 Å². The van der Waals surface area contributed by atoms with E-state index in [1.807, 2.05) is 37.3 Å². The third-order valence-electron chi connectivity index (χ3n) is 4.63. The SMILES string of the molecule is CNC(=O)c1cc(C(=O)NC2CC[C@H]2O)n([C@@H](C)c2ccccc2)n1. The van der Waals surface area contributed by atoms with Crippen LogP contribution in [0.4, 0.5) is 0 Å². The highest BCUT2D eigenvalue weighted by molar-refractivity contribution is 5.98. The number of carbonyl (C=O) groups excluding carboxylic acids is 2. The summed E-state index contributed by atoms with van der Waals surface area (Å²) in [5.41, 5.74) is 1.46. The number of hydrogen-bond acceptors (Lipinski definition) is 4. The van der Waals surface area contributed by atoms with E-state index in [0.717, 1.165) is 12.0 Å². The monoisotopic (exact) mass is 342 g/mol. The Morgan fingerprint density at radius 1 is 1.24 bits per heavy atom. The van der Waals surface area contributed by atoms with Crippen molar-refractivity contribution in [3.05, 3.63) is 53.3 Å². The molecule has 0 bridgehead atoms. The molecule has 1 saturated carbocycles. The van der Waals surface area contributed by atoms with E-state index < -0.39 is 6.10 Å². The average Bonchev–Trinajstić information content (AvgIpc) is 3.09. The van der Waals surface area contributed by atoms with Gasteiger partial charge in [0.25, 0.3) is 11.8 Å². The van der Waals surface area contributed by atoms with Crippen molar-refractivity contribution in [3.8, 4) is 0 Å². The van der Waals surface area contributed by atoms with Crippen LogP contribution in [0.2, 0.25) is 0 Å². The second-order valence-corrected chi connectivity index (χ2v) is 6.25. The Kier molecular flexibility index (Phi) is 4.85. The van der Waals surface area contributed by atoms with Crippen molar-refractivity contribution < 1.29 is 14.7 Å². The first kappa shape index (κ1) is 17.2. The molecule has 1 unspecified atom stereocenters. The quantitative estimate of drug-likeness (QED) is 0.758. The van der Waals surface area contributed by atoms with E-state index in [4.69, 9.17) is 0 Å². The van der Waals surface area contributed by atoms with Crippen molar-refractivity contribution in [1.82, 2.24) is 20.4 Å². The van der Waals surface area contributed by atoms with Gasteiger partial charge >= 0.3 is 0 Å². The molecule has 2 amide bonds. The van der Waals surface area contributed by atoms with E-state index in [-0.39, 0.29) is 29.6 Å². The van der Waals surface area contributed by atoms with Crippen LogP contribution in [0.1, 0.15) is 52.3 Å². The number of amides is 2. The molecule has 2 aromatic rings. The summed E-state index contributed by atoms with van der Waals surface area (Å²) in [6.07, 6.45) is 0.927. The number of aromatic nitrogens is 2. The first-order valence-corrected chi connectivity index (χ1v) is 8.36. The fourth-order valence-corrected chi connectivity index (χ4v) is 2.86. The summed E-state index contributed by atoms with van der Waals surface area (Å²) in [6, 6.07) is 10.7. The maximum Gasteiger partial charge on any atom is 0.271 e. The van der Waals surface area contributed by atoms with Gasteiger partial charge in [-0.05, 0) is 25.3 Å². The topological polar surface area (TPSA) is 96.3 Å². The van der Waals surface area contributed by atoms with Crippen LogP contribution < -0.4 is 10.6 Å². The standard InChI is InChI=1S/C18H22N4O3/c1-11(12-6-4-3-5-7-12)22-15(10-14(21-22)17(24)19-2)18(25)20-13-8-9-16(13)23/h3-7,10-11,13,16,23H,8-9H2,1-2H3,(H,19,24)(H,20,25)/t11-,13?,16+/m0/s1. The van der Waals surface area contributed by atoms with Crippen LogP contribution in [0.15, 0.2) is 36.4 Å². The number of carbonyl (C=O) groups is 2. The summed E-state index contributed by atoms with van der Waals surface area (Å²) in [7, 11) is 1.52. The van der Waals surface area contributed by atoms with Crippen LogP contribution in [-0.4, -0.2) is 45.9 Å². The maximum atomic E-state index is 12.7. The second kappa shape index (κ2) is 7.06. The minimum absolute atomic E-state index is 0.185. The number of benzene rings is 1. The van der Waals surface area contributed by atoms with Gasteiger partial charge in [-0.25, -0.2) is 0 Å². The lowest BCUT2D eigenvalue weighted by Crippen LogP contribution is -2.50. The third-order valence-corrected chi connectivity index (χ3v) is 4.63. The number of nitrogens with zero attached hydrogens (tertiary/aromatic N) is 2. The summed E-state index contributed by atoms with van der Waals surface area (Å²) in [5, 5.41) is 19.4. The Labute approximate surface area is 146 Å². The van der Waals surface area contributed by atoms with E-state index in [1.165, 1.54) is 13.1 Å². The first-order valence-electron chi connectivity index (χ1n) is 8.36. The highest BCUT2D eigenvalue weighted by atomic mass is 16.3. The van der Waals surface area contributed by atoms with Crippen LogP contribution in [0.5, 0.6) is 0 Å². The second-order valence-electron chi connectivity index (χ2n) is 6.25. The average molecular weight is 342 g/mol. The van der Waals surface area contributed by atoms with Crippen LogP contribution in [0.25, 0.3) is 0 Å². The molecule has 132 valence electrons. The summed E-state index contributed by atoms with van der Waals surface area (Å²) >= 11 is 0. The van der Waals surface area contributed by atoms with Crippen molar-refractivity contribution in [3.63, 3.8) is 0 Å². The molecule has 1 heterocycles. The molecule has 0 radical (unpaired) electrons. The Hall–Kier alpha value is -2.67. The summed E-state index contributed by atoms with van der Waals surface area (Å²) in [6.45, 7) is 1.92. The Bertz CT molecular complexity index is 772. The van der Waals surface area contributed by atoms with Gasteiger partial charge in [-0.15, -0.1) is 0 Å². The molecule has 3 rings (SSSR count). The van der Waals surface area contributed by atoms with Crippen molar-refractivity contribution in [1.29, 1.82) is 0 Å². The zero-order chi connectivity index (χ0) is 18.0. The van der Waals surface area contributed by atoms with Gasteiger partial charge in [0.15, 0.2) is 5.69 Å². The fraction of sp³-hybridized carbons (Fsp3) is 0.389. The van der Waals surface area contributed by atoms with Crippen LogP contribution in [0.3, 0.4) is 0 Å². The lowest BCUT2D eigenvalue weighted by atomic mass is 9.89. The largest absolute Gasteiger partial charge is 0.391 e. The van der Waals surface area contributed by atoms with E-state index >= 15 is 0 Å². The molecule has 0 saturated heterocycles. The van der Waals surface area contributed by atoms with E-state index in [1.54, 1.807) is 4.68 Å². The zero-order valence-electron chi connectivity index (χ0n) is 14.3. The van der Waals surface area contributed by atoms with Gasteiger partial charge in [-0.1, -0.05) is 30.3 Å². The predicted octanol–water partition coefficient (Wildman–Crippen LogP) is 1.11. The molecule has 1 aliphatic carbocycles. The Morgan fingerprint density at radius 2 is 1.96 bits per heavy atom. The molecule has 3 N–H and O–H groups in total. The van der Waals surface area contributed by atoms with Gasteiger partial charge in [0.05, 0.1) is 18.2 Å². The van der Waals surface area contributed by atoms with Crippen molar-refractivity contribution in [2.75, 3.05) is 7.05 Å². The van der Waals surface area contributed by atoms with Gasteiger partial charge in [0.1, 0.15) is 5.69 Å². The van der Waals surface area contributed by atoms with Crippen LogP contribution in [-0.2, 0) is 0 Å². The molecule has 0 spiro atoms. The molecule has 3 atom stereocenters. The molecule has 0 aliphatic heterocycles. The lowest BCUT2D eigenvalue weighted by Gasteiger charge is -2.33. The first-order chi connectivity index (χ1) is 12.0. The Morgan fingerprint density at radius 3 is 2.52 bits per heavy atom. The highest BCUT2D eigenvalue weighted by Crippen LogP contribution is 2.22. The van der Waals surface area contributed by atoms with Gasteiger partial charge in [0, 0.05) is 13.1 Å². The van der Waals surface area contributed by atoms with Crippen molar-refractivity contribution in [2.24, 2.45) is 0 Å². The molecule has 25 heavy (non-hydrogen) atoms.